The maximum Gasteiger partial charge on any atom is 0.331 e. The smallest absolute Gasteiger partial charge is 0.331 e. The van der Waals surface area contributed by atoms with Crippen LogP contribution >= 0.6 is 22.6 Å². The minimum Gasteiger partial charge on any atom is -0.455 e. The molecule has 34 heavy (non-hydrogen) atoms. The monoisotopic (exact) mass is 620 g/mol. The van der Waals surface area contributed by atoms with Crippen molar-refractivity contribution in [1.82, 2.24) is 0 Å². The van der Waals surface area contributed by atoms with Crippen LogP contribution in [0.5, 0.6) is 0 Å². The largest absolute Gasteiger partial charge is 0.455 e. The van der Waals surface area contributed by atoms with Crippen molar-refractivity contribution in [3.05, 3.63) is 24.3 Å². The van der Waals surface area contributed by atoms with E-state index in [-0.39, 0.29) is 23.2 Å². The summed E-state index contributed by atoms with van der Waals surface area (Å²) >= 11 is 2.03. The summed E-state index contributed by atoms with van der Waals surface area (Å²) in [6, 6.07) is 2.90. The van der Waals surface area contributed by atoms with Gasteiger partial charge in [-0.25, -0.2) is 4.79 Å². The Morgan fingerprint density at radius 1 is 1.24 bits per heavy atom. The van der Waals surface area contributed by atoms with Crippen molar-refractivity contribution in [2.75, 3.05) is 0 Å². The summed E-state index contributed by atoms with van der Waals surface area (Å²) < 4.78 is 21.8. The Balaban J connectivity index is 3.27. The Hall–Kier alpha value is -0.446. The number of cyclic esters (lactones) is 1. The highest BCUT2D eigenvalue weighted by Crippen LogP contribution is 2.39. The van der Waals surface area contributed by atoms with Gasteiger partial charge in [0.2, 0.25) is 0 Å². The SMILES string of the molecule is CC[Si](CC)(CC)O[C@](C)(/C=C/[C@H]1CC=CC(=O)O1)[C@H](O)C[C@H](C#CI)O[Si](C)(C)C(C)(C)C. The van der Waals surface area contributed by atoms with Gasteiger partial charge in [-0.2, -0.15) is 0 Å². The molecule has 0 aromatic carbocycles. The molecule has 1 aliphatic heterocycles. The summed E-state index contributed by atoms with van der Waals surface area (Å²) in [4.78, 5) is 11.7. The highest BCUT2D eigenvalue weighted by Gasteiger charge is 2.44. The van der Waals surface area contributed by atoms with Crippen LogP contribution in [0.3, 0.4) is 0 Å². The van der Waals surface area contributed by atoms with Gasteiger partial charge >= 0.3 is 5.97 Å². The Kier molecular flexibility index (Phi) is 12.3. The number of ether oxygens (including phenoxy) is 1. The van der Waals surface area contributed by atoms with Crippen LogP contribution in [-0.4, -0.2) is 51.6 Å². The van der Waals surface area contributed by atoms with Gasteiger partial charge in [-0.15, -0.1) is 0 Å². The molecule has 0 amide bonds. The summed E-state index contributed by atoms with van der Waals surface area (Å²) in [6.07, 6.45) is 6.40. The minimum absolute atomic E-state index is 0.0376. The van der Waals surface area contributed by atoms with Crippen LogP contribution in [0.1, 0.15) is 61.3 Å². The van der Waals surface area contributed by atoms with E-state index in [9.17, 15) is 9.90 Å². The lowest BCUT2D eigenvalue weighted by Gasteiger charge is -2.43. The molecule has 0 aromatic heterocycles. The normalized spacial score (nSPS) is 20.9. The lowest BCUT2D eigenvalue weighted by molar-refractivity contribution is -0.141. The molecule has 8 heteroatoms. The molecule has 0 fully saturated rings. The standard InChI is InChI=1S/C26H45IO5Si2/c1-10-34(11-2,12-3)32-26(7,18-16-21-14-13-15-24(29)30-21)23(28)20-22(17-19-27)31-33(8,9)25(4,5)6/h13,15-16,18,21-23,28H,10-12,14,20H2,1-9H3/b18-16+/t21-,22+,23-,26-/m1/s1. The summed E-state index contributed by atoms with van der Waals surface area (Å²) in [7, 11) is -4.15. The van der Waals surface area contributed by atoms with Crippen molar-refractivity contribution in [1.29, 1.82) is 0 Å². The number of hydrogen-bond donors (Lipinski definition) is 1. The van der Waals surface area contributed by atoms with Gasteiger partial charge in [0.25, 0.3) is 0 Å². The third-order valence-electron chi connectivity index (χ3n) is 7.46. The number of aliphatic hydroxyl groups is 1. The van der Waals surface area contributed by atoms with Crippen molar-refractivity contribution in [3.8, 4) is 9.85 Å². The molecule has 1 aliphatic rings. The third kappa shape index (κ3) is 8.89. The van der Waals surface area contributed by atoms with E-state index in [4.69, 9.17) is 13.6 Å². The van der Waals surface area contributed by atoms with Crippen LogP contribution < -0.4 is 0 Å². The predicted molar refractivity (Wildman–Crippen MR) is 154 cm³/mol. The molecule has 0 aromatic rings. The van der Waals surface area contributed by atoms with Crippen molar-refractivity contribution >= 4 is 45.2 Å². The topological polar surface area (TPSA) is 65.0 Å². The first kappa shape index (κ1) is 31.6. The van der Waals surface area contributed by atoms with Gasteiger partial charge in [-0.05, 0) is 53.2 Å². The molecular formula is C26H45IO5Si2. The number of aliphatic hydroxyl groups excluding tert-OH is 1. The highest BCUT2D eigenvalue weighted by molar-refractivity contribution is 14.1. The lowest BCUT2D eigenvalue weighted by atomic mass is 9.93. The first-order valence-electron chi connectivity index (χ1n) is 12.4. The van der Waals surface area contributed by atoms with E-state index >= 15 is 0 Å². The van der Waals surface area contributed by atoms with Crippen LogP contribution in [0.4, 0.5) is 0 Å². The maximum absolute atomic E-state index is 11.7. The number of rotatable bonds is 12. The Bertz CT molecular complexity index is 781. The number of carbonyl (C=O) groups excluding carboxylic acids is 1. The van der Waals surface area contributed by atoms with Gasteiger partial charge in [-0.1, -0.05) is 59.6 Å². The molecule has 0 aliphatic carbocycles. The van der Waals surface area contributed by atoms with Gasteiger partial charge in [0, 0.05) is 41.5 Å². The van der Waals surface area contributed by atoms with Crippen molar-refractivity contribution in [2.24, 2.45) is 0 Å². The zero-order valence-corrected chi connectivity index (χ0v) is 26.7. The molecule has 0 radical (unpaired) electrons. The Morgan fingerprint density at radius 2 is 1.82 bits per heavy atom. The lowest BCUT2D eigenvalue weighted by Crippen LogP contribution is -2.52. The molecular weight excluding hydrogens is 575 g/mol. The van der Waals surface area contributed by atoms with Crippen molar-refractivity contribution < 1.29 is 23.5 Å². The maximum atomic E-state index is 11.7. The molecule has 194 valence electrons. The van der Waals surface area contributed by atoms with E-state index in [1.165, 1.54) is 6.08 Å². The molecule has 1 heterocycles. The fourth-order valence-corrected chi connectivity index (χ4v) is 8.40. The molecule has 0 saturated carbocycles. The van der Waals surface area contributed by atoms with Gasteiger partial charge in [0.1, 0.15) is 12.2 Å². The number of halogens is 1. The van der Waals surface area contributed by atoms with E-state index in [1.54, 1.807) is 0 Å². The molecule has 1 N–H and O–H groups in total. The number of hydrogen-bond acceptors (Lipinski definition) is 5. The first-order valence-corrected chi connectivity index (χ1v) is 18.9. The summed E-state index contributed by atoms with van der Waals surface area (Å²) in [5, 5.41) is 11.6. The average molecular weight is 621 g/mol. The molecule has 5 nitrogen and oxygen atoms in total. The second kappa shape index (κ2) is 13.2. The average Bonchev–Trinajstić information content (AvgIpc) is 2.75. The second-order valence-corrected chi connectivity index (χ2v) is 20.8. The first-order chi connectivity index (χ1) is 15.7. The predicted octanol–water partition coefficient (Wildman–Crippen LogP) is 6.73. The highest BCUT2D eigenvalue weighted by atomic mass is 127. The Labute approximate surface area is 223 Å². The zero-order valence-electron chi connectivity index (χ0n) is 22.5. The van der Waals surface area contributed by atoms with Crippen LogP contribution in [0.25, 0.3) is 0 Å². The van der Waals surface area contributed by atoms with Crippen LogP contribution in [-0.2, 0) is 18.4 Å². The molecule has 1 rings (SSSR count). The number of carbonyl (C=O) groups is 1. The quantitative estimate of drug-likeness (QED) is 0.0862. The summed E-state index contributed by atoms with van der Waals surface area (Å²) in [5.41, 5.74) is -0.941. The second-order valence-electron chi connectivity index (χ2n) is 10.9. The van der Waals surface area contributed by atoms with Gasteiger partial charge in [0.05, 0.1) is 11.7 Å². The molecule has 0 spiro atoms. The van der Waals surface area contributed by atoms with E-state index in [2.05, 4.69) is 64.5 Å². The number of esters is 1. The molecule has 4 atom stereocenters. The van der Waals surface area contributed by atoms with E-state index in [0.717, 1.165) is 18.1 Å². The molecule has 0 saturated heterocycles. The third-order valence-corrected chi connectivity index (χ3v) is 17.0. The van der Waals surface area contributed by atoms with E-state index in [1.807, 2.05) is 47.7 Å². The Morgan fingerprint density at radius 3 is 2.29 bits per heavy atom. The van der Waals surface area contributed by atoms with Crippen LogP contribution in [0, 0.1) is 9.85 Å². The fraction of sp³-hybridized carbons (Fsp3) is 0.731. The summed E-state index contributed by atoms with van der Waals surface area (Å²) in [6.45, 7) is 19.5. The molecule has 0 unspecified atom stereocenters. The minimum atomic E-state index is -2.08. The van der Waals surface area contributed by atoms with Crippen molar-refractivity contribution in [3.63, 3.8) is 0 Å². The zero-order chi connectivity index (χ0) is 26.2. The van der Waals surface area contributed by atoms with Crippen molar-refractivity contribution in [2.45, 2.75) is 121 Å². The van der Waals surface area contributed by atoms with Crippen LogP contribution in [0.15, 0.2) is 24.3 Å². The fourth-order valence-electron chi connectivity index (χ4n) is 3.76. The summed E-state index contributed by atoms with van der Waals surface area (Å²) in [5.74, 6) is 2.83. The van der Waals surface area contributed by atoms with Crippen LogP contribution in [0.2, 0.25) is 36.3 Å². The van der Waals surface area contributed by atoms with Gasteiger partial charge in [0.15, 0.2) is 16.6 Å². The van der Waals surface area contributed by atoms with E-state index < -0.39 is 28.3 Å². The van der Waals surface area contributed by atoms with Gasteiger partial charge < -0.3 is 18.7 Å². The van der Waals surface area contributed by atoms with Gasteiger partial charge in [-0.3, -0.25) is 0 Å². The molecule has 0 bridgehead atoms. The van der Waals surface area contributed by atoms with E-state index in [0.29, 0.717) is 12.8 Å².